The number of aliphatic hydroxyl groups excluding tert-OH is 1. The average molecular weight is 563 g/mol. The topological polar surface area (TPSA) is 189 Å². The summed E-state index contributed by atoms with van der Waals surface area (Å²) in [5, 5.41) is 42.0. The number of amidine groups is 1. The van der Waals surface area contributed by atoms with Gasteiger partial charge in [0.05, 0.1) is 16.0 Å². The van der Waals surface area contributed by atoms with E-state index >= 15 is 0 Å². The van der Waals surface area contributed by atoms with Gasteiger partial charge in [0.1, 0.15) is 22.8 Å². The average Bonchev–Trinajstić information content (AvgIpc) is 2.81. The minimum atomic E-state index is -4.50. The monoisotopic (exact) mass is 562 g/mol. The van der Waals surface area contributed by atoms with Crippen molar-refractivity contribution >= 4 is 57.0 Å². The SMILES string of the molecule is CC(C)CCC1(C)C(=O)C(C2=NSc3cc(NS(=O)(=O)NC(=O)O)cc(O)c3N2O)=C(O)c2ccccc21. The first kappa shape index (κ1) is 27.3. The van der Waals surface area contributed by atoms with Gasteiger partial charge in [0, 0.05) is 23.6 Å². The zero-order chi connectivity index (χ0) is 28.0. The van der Waals surface area contributed by atoms with E-state index in [0.717, 1.165) is 24.4 Å². The molecule has 14 heteroatoms. The van der Waals surface area contributed by atoms with E-state index in [-0.39, 0.29) is 33.4 Å². The van der Waals surface area contributed by atoms with Gasteiger partial charge in [0.15, 0.2) is 11.6 Å². The zero-order valence-electron chi connectivity index (χ0n) is 20.6. The smallest absolute Gasteiger partial charge is 0.419 e. The maximum atomic E-state index is 13.9. The molecular weight excluding hydrogens is 536 g/mol. The molecule has 0 spiro atoms. The van der Waals surface area contributed by atoms with E-state index in [1.165, 1.54) is 10.8 Å². The molecule has 6 N–H and O–H groups in total. The van der Waals surface area contributed by atoms with Crippen molar-refractivity contribution in [1.29, 1.82) is 0 Å². The number of carbonyl (C=O) groups excluding carboxylic acids is 1. The highest BCUT2D eigenvalue weighted by atomic mass is 32.2. The van der Waals surface area contributed by atoms with Crippen molar-refractivity contribution in [1.82, 2.24) is 4.72 Å². The number of aliphatic hydroxyl groups is 1. The van der Waals surface area contributed by atoms with Crippen LogP contribution in [0.4, 0.5) is 16.2 Å². The van der Waals surface area contributed by atoms with Crippen LogP contribution in [-0.4, -0.2) is 46.7 Å². The first-order chi connectivity index (χ1) is 17.7. The van der Waals surface area contributed by atoms with E-state index < -0.39 is 33.3 Å². The van der Waals surface area contributed by atoms with Crippen molar-refractivity contribution in [3.8, 4) is 5.75 Å². The van der Waals surface area contributed by atoms with E-state index in [0.29, 0.717) is 28.5 Å². The lowest BCUT2D eigenvalue weighted by molar-refractivity contribution is -0.120. The number of ketones is 1. The van der Waals surface area contributed by atoms with E-state index in [1.54, 1.807) is 31.2 Å². The standard InChI is InChI=1S/C24H26N4O8S2/c1-12(2)8-9-24(3)15-7-5-4-6-14(15)20(30)18(21(24)31)22-25-37-17-11-13(10-16(29)19(17)28(22)34)26-38(35,36)27-23(32)33/h4-7,10-12,26-27,29-30,34H,8-9H2,1-3H3,(H,32,33). The largest absolute Gasteiger partial charge is 0.506 e. The third-order valence-corrected chi connectivity index (χ3v) is 8.08. The third-order valence-electron chi connectivity index (χ3n) is 6.36. The number of hydrogen-bond acceptors (Lipinski definition) is 10. The van der Waals surface area contributed by atoms with Crippen LogP contribution < -0.4 is 14.5 Å². The van der Waals surface area contributed by atoms with Gasteiger partial charge in [-0.3, -0.25) is 14.7 Å². The number of amides is 1. The van der Waals surface area contributed by atoms with Gasteiger partial charge in [-0.05, 0) is 37.3 Å². The Hall–Kier alpha value is -3.75. The highest BCUT2D eigenvalue weighted by Crippen LogP contribution is 2.48. The molecule has 0 saturated carbocycles. The van der Waals surface area contributed by atoms with Crippen LogP contribution in [0.1, 0.15) is 44.7 Å². The van der Waals surface area contributed by atoms with Gasteiger partial charge in [0.2, 0.25) is 0 Å². The lowest BCUT2D eigenvalue weighted by Gasteiger charge is -2.37. The van der Waals surface area contributed by atoms with E-state index in [2.05, 4.69) is 4.40 Å². The number of anilines is 2. The second-order valence-corrected chi connectivity index (χ2v) is 11.8. The van der Waals surface area contributed by atoms with Crippen LogP contribution in [0.2, 0.25) is 0 Å². The number of carboxylic acid groups (broad SMARTS) is 1. The summed E-state index contributed by atoms with van der Waals surface area (Å²) in [5.74, 6) is -1.39. The predicted octanol–water partition coefficient (Wildman–Crippen LogP) is 4.18. The quantitative estimate of drug-likeness (QED) is 0.267. The molecule has 4 rings (SSSR count). The van der Waals surface area contributed by atoms with Gasteiger partial charge in [-0.1, -0.05) is 38.1 Å². The number of rotatable bonds is 7. The second-order valence-electron chi connectivity index (χ2n) is 9.54. The predicted molar refractivity (Wildman–Crippen MR) is 142 cm³/mol. The van der Waals surface area contributed by atoms with Gasteiger partial charge in [0.25, 0.3) is 0 Å². The highest BCUT2D eigenvalue weighted by Gasteiger charge is 2.47. The molecule has 0 radical (unpaired) electrons. The maximum absolute atomic E-state index is 13.9. The van der Waals surface area contributed by atoms with Crippen LogP contribution in [0.5, 0.6) is 5.75 Å². The fraction of sp³-hybridized carbons (Fsp3) is 0.292. The molecule has 1 unspecified atom stereocenters. The first-order valence-corrected chi connectivity index (χ1v) is 13.7. The summed E-state index contributed by atoms with van der Waals surface area (Å²) in [4.78, 5) is 24.7. The molecule has 0 saturated heterocycles. The number of fused-ring (bicyclic) bond motifs is 2. The summed E-state index contributed by atoms with van der Waals surface area (Å²) in [6.45, 7) is 5.87. The molecule has 1 heterocycles. The number of nitrogens with zero attached hydrogens (tertiary/aromatic N) is 2. The van der Waals surface area contributed by atoms with Gasteiger partial charge in [-0.25, -0.2) is 9.52 Å². The summed E-state index contributed by atoms with van der Waals surface area (Å²) in [6.07, 6.45) is -0.593. The number of nitrogens with one attached hydrogen (secondary N) is 2. The Labute approximate surface area is 223 Å². The zero-order valence-corrected chi connectivity index (χ0v) is 22.2. The van der Waals surface area contributed by atoms with Crippen LogP contribution in [0.25, 0.3) is 5.76 Å². The second kappa shape index (κ2) is 9.85. The van der Waals surface area contributed by atoms with Gasteiger partial charge >= 0.3 is 16.3 Å². The van der Waals surface area contributed by atoms with E-state index in [9.17, 15) is 33.4 Å². The first-order valence-electron chi connectivity index (χ1n) is 11.5. The number of carbonyl (C=O) groups is 2. The lowest BCUT2D eigenvalue weighted by Crippen LogP contribution is -2.44. The van der Waals surface area contributed by atoms with Crippen molar-refractivity contribution in [2.24, 2.45) is 10.3 Å². The fourth-order valence-corrected chi connectivity index (χ4v) is 5.98. The Kier molecular flexibility index (Phi) is 7.07. The lowest BCUT2D eigenvalue weighted by atomic mass is 9.66. The number of hydroxylamine groups is 1. The van der Waals surface area contributed by atoms with Crippen molar-refractivity contribution in [3.63, 3.8) is 0 Å². The maximum Gasteiger partial charge on any atom is 0.419 e. The summed E-state index contributed by atoms with van der Waals surface area (Å²) < 4.78 is 31.2. The van der Waals surface area contributed by atoms with Gasteiger partial charge in [-0.15, -0.1) is 0 Å². The minimum Gasteiger partial charge on any atom is -0.506 e. The molecule has 0 bridgehead atoms. The van der Waals surface area contributed by atoms with Crippen LogP contribution in [0.15, 0.2) is 51.3 Å². The molecule has 1 amide bonds. The summed E-state index contributed by atoms with van der Waals surface area (Å²) in [7, 11) is -4.50. The van der Waals surface area contributed by atoms with Crippen LogP contribution in [0.3, 0.4) is 0 Å². The number of phenolic OH excluding ortho intramolecular Hbond substituents is 1. The number of Topliss-reactive ketones (excluding diaryl/α,β-unsaturated/α-hetero) is 1. The summed E-state index contributed by atoms with van der Waals surface area (Å²) in [6, 6.07) is 9.14. The molecule has 1 aliphatic carbocycles. The number of benzene rings is 2. The molecular formula is C24H26N4O8S2. The molecule has 2 aromatic rings. The Morgan fingerprint density at radius 2 is 1.89 bits per heavy atom. The number of aromatic hydroxyl groups is 1. The Morgan fingerprint density at radius 3 is 2.55 bits per heavy atom. The Balaban J connectivity index is 1.76. The van der Waals surface area contributed by atoms with Gasteiger partial charge in [-0.2, -0.15) is 17.9 Å². The van der Waals surface area contributed by atoms with Crippen LogP contribution >= 0.6 is 11.9 Å². The van der Waals surface area contributed by atoms with Crippen molar-refractivity contribution in [2.45, 2.75) is 43.9 Å². The molecule has 2 aliphatic rings. The molecule has 0 fully saturated rings. The summed E-state index contributed by atoms with van der Waals surface area (Å²) >= 11 is 0.723. The molecule has 202 valence electrons. The number of phenols is 1. The fourth-order valence-electron chi connectivity index (χ4n) is 4.46. The van der Waals surface area contributed by atoms with E-state index in [1.807, 2.05) is 18.6 Å². The highest BCUT2D eigenvalue weighted by molar-refractivity contribution is 7.98. The molecule has 38 heavy (non-hydrogen) atoms. The molecule has 12 nitrogen and oxygen atoms in total. The molecule has 2 aromatic carbocycles. The third kappa shape index (κ3) is 4.89. The van der Waals surface area contributed by atoms with Gasteiger partial charge < -0.3 is 15.3 Å². The molecule has 1 atom stereocenters. The minimum absolute atomic E-state index is 0.0931. The molecule has 1 aliphatic heterocycles. The van der Waals surface area contributed by atoms with Crippen molar-refractivity contribution < 1.29 is 38.5 Å². The van der Waals surface area contributed by atoms with Crippen molar-refractivity contribution in [3.05, 3.63) is 53.1 Å². The Bertz CT molecular complexity index is 1500. The van der Waals surface area contributed by atoms with E-state index in [4.69, 9.17) is 5.11 Å². The van der Waals surface area contributed by atoms with Crippen LogP contribution in [0, 0.1) is 5.92 Å². The Morgan fingerprint density at radius 1 is 1.21 bits per heavy atom. The molecule has 0 aromatic heterocycles. The van der Waals surface area contributed by atoms with Crippen LogP contribution in [-0.2, 0) is 20.4 Å². The summed E-state index contributed by atoms with van der Waals surface area (Å²) in [5.41, 5.74) is -0.551. The normalized spacial score (nSPS) is 19.1. The number of hydrogen-bond donors (Lipinski definition) is 6. The van der Waals surface area contributed by atoms with Crippen molar-refractivity contribution in [2.75, 3.05) is 9.79 Å².